The van der Waals surface area contributed by atoms with E-state index < -0.39 is 108 Å². The number of fused-ring (bicyclic) bond motifs is 1. The van der Waals surface area contributed by atoms with Crippen molar-refractivity contribution in [2.45, 2.75) is 199 Å². The lowest BCUT2D eigenvalue weighted by Gasteiger charge is -2.50. The van der Waals surface area contributed by atoms with Crippen LogP contribution in [0, 0.1) is 23.7 Å². The van der Waals surface area contributed by atoms with E-state index in [0.29, 0.717) is 32.4 Å². The average molecular weight is 986 g/mol. The van der Waals surface area contributed by atoms with E-state index >= 15 is 9.59 Å². The van der Waals surface area contributed by atoms with Gasteiger partial charge in [0, 0.05) is 88.8 Å². The number of likely N-dealkylation sites (N-methyl/N-ethyl adjacent to an activating group) is 1. The molecule has 18 heteroatoms. The molecule has 1 N–H and O–H groups in total. The number of aliphatic hydroxyl groups excluding tert-OH is 1. The lowest BCUT2D eigenvalue weighted by molar-refractivity contribution is -0.321. The van der Waals surface area contributed by atoms with Gasteiger partial charge in [-0.15, -0.1) is 0 Å². The molecule has 4 aliphatic heterocycles. The number of rotatable bonds is 15. The third-order valence-electron chi connectivity index (χ3n) is 16.0. The maximum absolute atomic E-state index is 15.2. The van der Waals surface area contributed by atoms with Gasteiger partial charge in [-0.3, -0.25) is 14.6 Å². The van der Waals surface area contributed by atoms with E-state index in [1.165, 1.54) is 7.11 Å². The lowest BCUT2D eigenvalue weighted by Crippen LogP contribution is -2.62. The zero-order chi connectivity index (χ0) is 51.5. The number of ketones is 1. The topological polar surface area (TPSA) is 192 Å². The second-order valence-corrected chi connectivity index (χ2v) is 21.3. The SMILES string of the molecule is CC[C@H]1OC(=O)[C@H](C)[C@@H](O[C@H]2C[C@@](C)(OC)[C@@H](O)[C@H](C)O2)[C@H](C)[C@@H](O[C@@H]2O[C@H](C)C[C@H](N(C)C)[C@H]2OC)[C@@](C)(OC)C[C@@H](C)C(=O)[C@H](C)[C@H]2N(CCCCn3cnc(-c4cccnc4)c3)C(=O)O[C@]12C. The van der Waals surface area contributed by atoms with Gasteiger partial charge < -0.3 is 62.1 Å². The number of nitrogens with zero attached hydrogens (tertiary/aromatic N) is 5. The van der Waals surface area contributed by atoms with Gasteiger partial charge in [-0.05, 0) is 99.9 Å². The van der Waals surface area contributed by atoms with Crippen molar-refractivity contribution in [3.05, 3.63) is 37.1 Å². The fraction of sp³-hybridized carbons (Fsp3) is 0.788. The van der Waals surface area contributed by atoms with Gasteiger partial charge in [0.05, 0.1) is 59.6 Å². The molecule has 0 spiro atoms. The number of esters is 1. The number of Topliss-reactive ketones (excluding diaryl/α,β-unsaturated/α-hetero) is 1. The lowest BCUT2D eigenvalue weighted by atomic mass is 9.73. The minimum atomic E-state index is -1.41. The van der Waals surface area contributed by atoms with Crippen LogP contribution in [0.5, 0.6) is 0 Å². The molecule has 0 aromatic carbocycles. The Kier molecular flexibility index (Phi) is 18.4. The van der Waals surface area contributed by atoms with Crippen LogP contribution >= 0.6 is 0 Å². The van der Waals surface area contributed by atoms with Gasteiger partial charge in [0.15, 0.2) is 18.2 Å². The summed E-state index contributed by atoms with van der Waals surface area (Å²) in [5, 5.41) is 11.2. The summed E-state index contributed by atoms with van der Waals surface area (Å²) < 4.78 is 60.5. The summed E-state index contributed by atoms with van der Waals surface area (Å²) in [6.45, 7) is 19.5. The third kappa shape index (κ3) is 11.6. The van der Waals surface area contributed by atoms with Gasteiger partial charge >= 0.3 is 12.1 Å². The maximum atomic E-state index is 15.2. The molecule has 4 saturated heterocycles. The summed E-state index contributed by atoms with van der Waals surface area (Å²) in [6, 6.07) is 2.98. The number of carbonyl (C=O) groups excluding carboxylic acids is 3. The zero-order valence-corrected chi connectivity index (χ0v) is 44.4. The molecule has 6 heterocycles. The summed E-state index contributed by atoms with van der Waals surface area (Å²) in [5.74, 6) is -3.72. The van der Waals surface area contributed by atoms with Crippen molar-refractivity contribution in [1.29, 1.82) is 0 Å². The molecule has 2 aromatic rings. The minimum absolute atomic E-state index is 0.0605. The first-order valence-corrected chi connectivity index (χ1v) is 25.3. The molecule has 18 atom stereocenters. The Morgan fingerprint density at radius 3 is 2.23 bits per heavy atom. The summed E-state index contributed by atoms with van der Waals surface area (Å²) in [7, 11) is 8.76. The number of methoxy groups -OCH3 is 3. The minimum Gasteiger partial charge on any atom is -0.458 e. The van der Waals surface area contributed by atoms with Gasteiger partial charge in [-0.1, -0.05) is 27.7 Å². The Morgan fingerprint density at radius 2 is 1.60 bits per heavy atom. The molecule has 0 bridgehead atoms. The van der Waals surface area contributed by atoms with Crippen molar-refractivity contribution in [3.63, 3.8) is 0 Å². The van der Waals surface area contributed by atoms with Gasteiger partial charge in [-0.2, -0.15) is 0 Å². The molecule has 394 valence electrons. The highest BCUT2D eigenvalue weighted by Crippen LogP contribution is 2.45. The average Bonchev–Trinajstić information content (AvgIpc) is 3.91. The molecule has 4 fully saturated rings. The van der Waals surface area contributed by atoms with E-state index in [9.17, 15) is 9.90 Å². The van der Waals surface area contributed by atoms with Crippen LogP contribution in [0.3, 0.4) is 0 Å². The molecule has 0 radical (unpaired) electrons. The van der Waals surface area contributed by atoms with Crippen LogP contribution in [0.1, 0.15) is 108 Å². The predicted molar refractivity (Wildman–Crippen MR) is 259 cm³/mol. The predicted octanol–water partition coefficient (Wildman–Crippen LogP) is 6.30. The second-order valence-electron chi connectivity index (χ2n) is 21.3. The highest BCUT2D eigenvalue weighted by molar-refractivity contribution is 5.85. The van der Waals surface area contributed by atoms with Crippen LogP contribution < -0.4 is 0 Å². The Bertz CT molecular complexity index is 2040. The number of carbonyl (C=O) groups is 3. The zero-order valence-electron chi connectivity index (χ0n) is 44.4. The number of pyridine rings is 1. The smallest absolute Gasteiger partial charge is 0.410 e. The number of ether oxygens (including phenoxy) is 9. The molecule has 6 rings (SSSR count). The normalized spacial score (nSPS) is 40.2. The standard InChI is InChI=1S/C52H83N5O13/c1-16-39-52(10)44(57(49(61)70-52)23-18-17-22-56-28-37(54-29-56)36-20-19-21-53-27-36)32(4)41(58)30(2)25-51(9,64-15)46(69-48-43(62-13)38(55(11)12)24-31(3)65-48)33(5)42(34(6)47(60)67-39)68-40-26-50(8,63-14)45(59)35(7)66-40/h19-21,27-35,38-40,42-46,48,59H,16-18,22-26H2,1-15H3/t30-,31-,32+,33+,34-,35+,38+,39-,40+,42+,43-,44-,45+,46-,48+,50-,51+,52-/m1/s1. The van der Waals surface area contributed by atoms with Crippen LogP contribution in [0.15, 0.2) is 37.1 Å². The highest BCUT2D eigenvalue weighted by Gasteiger charge is 2.61. The third-order valence-corrected chi connectivity index (χ3v) is 16.0. The van der Waals surface area contributed by atoms with Crippen LogP contribution in [0.4, 0.5) is 4.79 Å². The maximum Gasteiger partial charge on any atom is 0.410 e. The largest absolute Gasteiger partial charge is 0.458 e. The first kappa shape index (κ1) is 55.7. The van der Waals surface area contributed by atoms with Crippen LogP contribution in [0.25, 0.3) is 11.3 Å². The fourth-order valence-corrected chi connectivity index (χ4v) is 11.8. The van der Waals surface area contributed by atoms with Gasteiger partial charge in [0.25, 0.3) is 0 Å². The van der Waals surface area contributed by atoms with Crippen molar-refractivity contribution in [1.82, 2.24) is 24.3 Å². The number of unbranched alkanes of at least 4 members (excludes halogenated alkanes) is 1. The van der Waals surface area contributed by atoms with Crippen molar-refractivity contribution < 1.29 is 62.1 Å². The number of imidazole rings is 1. The molecule has 70 heavy (non-hydrogen) atoms. The molecule has 2 aromatic heterocycles. The van der Waals surface area contributed by atoms with E-state index in [1.807, 2.05) is 78.5 Å². The van der Waals surface area contributed by atoms with Gasteiger partial charge in [0.2, 0.25) is 0 Å². The number of cyclic esters (lactones) is 1. The second kappa shape index (κ2) is 23.1. The summed E-state index contributed by atoms with van der Waals surface area (Å²) in [5.41, 5.74) is -1.91. The summed E-state index contributed by atoms with van der Waals surface area (Å²) in [4.78, 5) is 56.9. The van der Waals surface area contributed by atoms with Crippen molar-refractivity contribution in [3.8, 4) is 11.3 Å². The number of hydrogen-bond acceptors (Lipinski definition) is 16. The summed E-state index contributed by atoms with van der Waals surface area (Å²) >= 11 is 0. The van der Waals surface area contributed by atoms with Crippen LogP contribution in [-0.4, -0.2) is 173 Å². The van der Waals surface area contributed by atoms with Crippen molar-refractivity contribution in [2.24, 2.45) is 23.7 Å². The Hall–Kier alpha value is -3.59. The molecular weight excluding hydrogens is 903 g/mol. The first-order valence-electron chi connectivity index (χ1n) is 25.3. The monoisotopic (exact) mass is 986 g/mol. The number of aromatic nitrogens is 3. The van der Waals surface area contributed by atoms with Crippen molar-refractivity contribution >= 4 is 17.8 Å². The van der Waals surface area contributed by atoms with Gasteiger partial charge in [0.1, 0.15) is 24.1 Å². The quantitative estimate of drug-likeness (QED) is 0.154. The Balaban J connectivity index is 1.37. The van der Waals surface area contributed by atoms with E-state index in [4.69, 9.17) is 42.6 Å². The van der Waals surface area contributed by atoms with E-state index in [-0.39, 0.29) is 37.2 Å². The molecule has 0 saturated carbocycles. The fourth-order valence-electron chi connectivity index (χ4n) is 11.8. The van der Waals surface area contributed by atoms with Crippen LogP contribution in [0.2, 0.25) is 0 Å². The highest BCUT2D eigenvalue weighted by atomic mass is 16.7. The molecule has 4 aliphatic rings. The summed E-state index contributed by atoms with van der Waals surface area (Å²) in [6.07, 6.45) is 2.36. The first-order chi connectivity index (χ1) is 33.1. The number of aryl methyl sites for hydroxylation is 1. The molecule has 18 nitrogen and oxygen atoms in total. The Morgan fingerprint density at radius 1 is 0.900 bits per heavy atom. The molecular formula is C52H83N5O13. The van der Waals surface area contributed by atoms with E-state index in [2.05, 4.69) is 14.9 Å². The number of amides is 1. The van der Waals surface area contributed by atoms with Crippen molar-refractivity contribution in [2.75, 3.05) is 42.0 Å². The van der Waals surface area contributed by atoms with Crippen LogP contribution in [-0.2, 0) is 58.8 Å². The van der Waals surface area contributed by atoms with E-state index in [0.717, 1.165) is 11.3 Å². The molecule has 1 amide bonds. The number of hydrogen-bond donors (Lipinski definition) is 1. The molecule has 0 unspecified atom stereocenters. The van der Waals surface area contributed by atoms with E-state index in [1.54, 1.807) is 65.5 Å². The molecule has 0 aliphatic carbocycles. The number of aliphatic hydroxyl groups is 1. The van der Waals surface area contributed by atoms with Gasteiger partial charge in [-0.25, -0.2) is 9.78 Å². The Labute approximate surface area is 415 Å².